The number of hydrogen-bond donors (Lipinski definition) is 0. The highest BCUT2D eigenvalue weighted by Crippen LogP contribution is 2.34. The Balaban J connectivity index is 1.83. The van der Waals surface area contributed by atoms with Crippen molar-refractivity contribution in [2.45, 2.75) is 23.9 Å². The molecule has 3 rings (SSSR count). The minimum absolute atomic E-state index is 0.00103. The second-order valence-electron chi connectivity index (χ2n) is 5.11. The first-order valence-electron chi connectivity index (χ1n) is 7.11. The zero-order valence-corrected chi connectivity index (χ0v) is 14.5. The van der Waals surface area contributed by atoms with Gasteiger partial charge in [0.15, 0.2) is 5.16 Å². The Morgan fingerprint density at radius 3 is 2.62 bits per heavy atom. The second-order valence-corrected chi connectivity index (χ2v) is 7.31. The predicted octanol–water partition coefficient (Wildman–Crippen LogP) is 4.45. The molecule has 0 amide bonds. The van der Waals surface area contributed by atoms with Gasteiger partial charge in [-0.2, -0.15) is 8.78 Å². The van der Waals surface area contributed by atoms with Crippen LogP contribution in [-0.2, 0) is 7.05 Å². The van der Waals surface area contributed by atoms with Gasteiger partial charge in [-0.3, -0.25) is 9.36 Å². The monoisotopic (exact) mass is 368 g/mol. The van der Waals surface area contributed by atoms with Crippen molar-refractivity contribution in [2.24, 2.45) is 7.05 Å². The van der Waals surface area contributed by atoms with Crippen LogP contribution < -0.4 is 10.3 Å². The molecular weight excluding hydrogens is 354 g/mol. The number of thiophene rings is 1. The molecule has 0 N–H and O–H groups in total. The van der Waals surface area contributed by atoms with Crippen LogP contribution in [0.1, 0.15) is 17.7 Å². The smallest absolute Gasteiger partial charge is 0.387 e. The topological polar surface area (TPSA) is 44.1 Å². The van der Waals surface area contributed by atoms with Crippen molar-refractivity contribution in [3.8, 4) is 5.75 Å². The van der Waals surface area contributed by atoms with Crippen molar-refractivity contribution in [1.29, 1.82) is 0 Å². The number of hydrogen-bond acceptors (Lipinski definition) is 5. The quantitative estimate of drug-likeness (QED) is 0.493. The number of ether oxygens (including phenoxy) is 1. The summed E-state index contributed by atoms with van der Waals surface area (Å²) >= 11 is 2.87. The molecule has 24 heavy (non-hydrogen) atoms. The molecule has 0 radical (unpaired) electrons. The standard InChI is InChI=1S/C16H14F2N2O2S2/c1-9(10-3-5-11(6-4-10)22-15(17)18)24-16-19-13-12(7-8-23-13)14(21)20(16)2/h3-9,15H,1-2H3. The molecule has 1 unspecified atom stereocenters. The Bertz CT molecular complexity index is 907. The third-order valence-corrected chi connectivity index (χ3v) is 5.53. The Morgan fingerprint density at radius 2 is 1.96 bits per heavy atom. The van der Waals surface area contributed by atoms with E-state index in [0.717, 1.165) is 5.56 Å². The lowest BCUT2D eigenvalue weighted by atomic mass is 10.2. The summed E-state index contributed by atoms with van der Waals surface area (Å²) in [6.07, 6.45) is 0. The van der Waals surface area contributed by atoms with Crippen molar-refractivity contribution in [1.82, 2.24) is 9.55 Å². The van der Waals surface area contributed by atoms with E-state index in [4.69, 9.17) is 0 Å². The molecule has 4 nitrogen and oxygen atoms in total. The summed E-state index contributed by atoms with van der Waals surface area (Å²) in [6.45, 7) is -0.864. The Hall–Kier alpha value is -1.93. The lowest BCUT2D eigenvalue weighted by molar-refractivity contribution is -0.0498. The molecule has 2 aromatic heterocycles. The summed E-state index contributed by atoms with van der Waals surface area (Å²) in [4.78, 5) is 17.6. The molecule has 0 fully saturated rings. The summed E-state index contributed by atoms with van der Waals surface area (Å²) in [6, 6.07) is 8.25. The highest BCUT2D eigenvalue weighted by Gasteiger charge is 2.15. The van der Waals surface area contributed by atoms with Gasteiger partial charge in [-0.15, -0.1) is 11.3 Å². The van der Waals surface area contributed by atoms with Gasteiger partial charge in [-0.05, 0) is 36.1 Å². The average Bonchev–Trinajstić information content (AvgIpc) is 3.01. The van der Waals surface area contributed by atoms with E-state index in [9.17, 15) is 13.6 Å². The van der Waals surface area contributed by atoms with Gasteiger partial charge in [-0.1, -0.05) is 23.9 Å². The molecule has 0 aliphatic carbocycles. The van der Waals surface area contributed by atoms with Crippen LogP contribution in [0.15, 0.2) is 45.7 Å². The van der Waals surface area contributed by atoms with Crippen molar-refractivity contribution in [2.75, 3.05) is 0 Å². The van der Waals surface area contributed by atoms with Gasteiger partial charge in [0.1, 0.15) is 10.6 Å². The van der Waals surface area contributed by atoms with E-state index in [1.807, 2.05) is 12.3 Å². The third-order valence-electron chi connectivity index (χ3n) is 3.52. The fraction of sp³-hybridized carbons (Fsp3) is 0.250. The van der Waals surface area contributed by atoms with Crippen LogP contribution in [0.2, 0.25) is 0 Å². The van der Waals surface area contributed by atoms with Gasteiger partial charge in [0, 0.05) is 12.3 Å². The summed E-state index contributed by atoms with van der Waals surface area (Å²) in [5.41, 5.74) is 0.860. The lowest BCUT2D eigenvalue weighted by Crippen LogP contribution is -2.19. The van der Waals surface area contributed by atoms with E-state index in [1.54, 1.807) is 25.2 Å². The summed E-state index contributed by atoms with van der Waals surface area (Å²) in [5.74, 6) is 0.122. The van der Waals surface area contributed by atoms with Gasteiger partial charge in [-0.25, -0.2) is 4.98 Å². The zero-order chi connectivity index (χ0) is 17.3. The van der Waals surface area contributed by atoms with Crippen LogP contribution in [0.3, 0.4) is 0 Å². The molecular formula is C16H14F2N2O2S2. The first-order valence-corrected chi connectivity index (χ1v) is 8.87. The normalized spacial score (nSPS) is 12.7. The number of rotatable bonds is 5. The predicted molar refractivity (Wildman–Crippen MR) is 92.2 cm³/mol. The summed E-state index contributed by atoms with van der Waals surface area (Å²) in [5, 5.41) is 3.09. The maximum Gasteiger partial charge on any atom is 0.387 e. The maximum absolute atomic E-state index is 12.3. The molecule has 0 saturated carbocycles. The summed E-state index contributed by atoms with van der Waals surface area (Å²) < 4.78 is 30.2. The molecule has 3 aromatic rings. The molecule has 1 atom stereocenters. The van der Waals surface area contributed by atoms with E-state index < -0.39 is 6.61 Å². The van der Waals surface area contributed by atoms with E-state index in [0.29, 0.717) is 15.4 Å². The number of nitrogens with zero attached hydrogens (tertiary/aromatic N) is 2. The number of fused-ring (bicyclic) bond motifs is 1. The molecule has 126 valence electrons. The van der Waals surface area contributed by atoms with Gasteiger partial charge in [0.2, 0.25) is 0 Å². The van der Waals surface area contributed by atoms with Gasteiger partial charge in [0.05, 0.1) is 5.39 Å². The van der Waals surface area contributed by atoms with Crippen LogP contribution in [-0.4, -0.2) is 16.2 Å². The molecule has 1 aromatic carbocycles. The SMILES string of the molecule is CC(Sc1nc2sccc2c(=O)n1C)c1ccc(OC(F)F)cc1. The number of thioether (sulfide) groups is 1. The van der Waals surface area contributed by atoms with Crippen molar-refractivity contribution in [3.05, 3.63) is 51.6 Å². The lowest BCUT2D eigenvalue weighted by Gasteiger charge is -2.14. The first-order chi connectivity index (χ1) is 11.5. The molecule has 0 aliphatic rings. The number of halogens is 2. The van der Waals surface area contributed by atoms with Crippen molar-refractivity contribution < 1.29 is 13.5 Å². The van der Waals surface area contributed by atoms with E-state index >= 15 is 0 Å². The average molecular weight is 368 g/mol. The minimum Gasteiger partial charge on any atom is -0.435 e. The molecule has 8 heteroatoms. The zero-order valence-electron chi connectivity index (χ0n) is 12.9. The first kappa shape index (κ1) is 16.9. The highest BCUT2D eigenvalue weighted by atomic mass is 32.2. The second kappa shape index (κ2) is 6.90. The molecule has 0 bridgehead atoms. The van der Waals surface area contributed by atoms with Crippen molar-refractivity contribution in [3.63, 3.8) is 0 Å². The highest BCUT2D eigenvalue weighted by molar-refractivity contribution is 7.99. The van der Waals surface area contributed by atoms with Gasteiger partial charge >= 0.3 is 6.61 Å². The van der Waals surface area contributed by atoms with E-state index in [1.165, 1.54) is 39.8 Å². The Morgan fingerprint density at radius 1 is 1.25 bits per heavy atom. The van der Waals surface area contributed by atoms with Crippen LogP contribution >= 0.6 is 23.1 Å². The Kier molecular flexibility index (Phi) is 4.86. The molecule has 2 heterocycles. The van der Waals surface area contributed by atoms with Gasteiger partial charge < -0.3 is 4.74 Å². The van der Waals surface area contributed by atoms with Crippen LogP contribution in [0.5, 0.6) is 5.75 Å². The number of aromatic nitrogens is 2. The fourth-order valence-corrected chi connectivity index (χ4v) is 4.04. The third kappa shape index (κ3) is 3.44. The molecule has 0 aliphatic heterocycles. The van der Waals surface area contributed by atoms with E-state index in [-0.39, 0.29) is 16.6 Å². The van der Waals surface area contributed by atoms with E-state index in [2.05, 4.69) is 9.72 Å². The minimum atomic E-state index is -2.83. The molecule has 0 saturated heterocycles. The fourth-order valence-electron chi connectivity index (χ4n) is 2.23. The van der Waals surface area contributed by atoms with Crippen LogP contribution in [0, 0.1) is 0 Å². The summed E-state index contributed by atoms with van der Waals surface area (Å²) in [7, 11) is 1.70. The largest absolute Gasteiger partial charge is 0.435 e. The van der Waals surface area contributed by atoms with Crippen LogP contribution in [0.25, 0.3) is 10.2 Å². The van der Waals surface area contributed by atoms with Gasteiger partial charge in [0.25, 0.3) is 5.56 Å². The molecule has 0 spiro atoms. The van der Waals surface area contributed by atoms with Crippen LogP contribution in [0.4, 0.5) is 8.78 Å². The maximum atomic E-state index is 12.3. The van der Waals surface area contributed by atoms with Crippen molar-refractivity contribution >= 4 is 33.3 Å². The number of benzene rings is 1. The Labute approximate surface area is 145 Å². The number of alkyl halides is 2.